The number of carbonyl (C=O) groups is 1. The highest BCUT2D eigenvalue weighted by Gasteiger charge is 2.32. The first-order chi connectivity index (χ1) is 10.5. The Morgan fingerprint density at radius 1 is 1.59 bits per heavy atom. The lowest BCUT2D eigenvalue weighted by Gasteiger charge is -2.33. The summed E-state index contributed by atoms with van der Waals surface area (Å²) in [5.41, 5.74) is 2.16. The molecular formula is C15H25N3O4. The standard InChI is InChI=1S/C15H25N3O4/c1-10-11(7-17-18(10)2)4-5-14(19)16-6-12-8-22-9-13(21-3)15(12)20/h7,12-13,15,20H,4-6,8-9H2,1-3H3,(H,16,19)/t12-,13-,15+/m1/s1. The highest BCUT2D eigenvalue weighted by molar-refractivity contribution is 5.76. The van der Waals surface area contributed by atoms with Crippen LogP contribution in [-0.4, -0.2) is 59.9 Å². The van der Waals surface area contributed by atoms with Crippen molar-refractivity contribution in [1.82, 2.24) is 15.1 Å². The average molecular weight is 311 g/mol. The highest BCUT2D eigenvalue weighted by atomic mass is 16.5. The first-order valence-corrected chi connectivity index (χ1v) is 7.55. The van der Waals surface area contributed by atoms with Gasteiger partial charge < -0.3 is 19.9 Å². The summed E-state index contributed by atoms with van der Waals surface area (Å²) in [6.07, 6.45) is 1.93. The summed E-state index contributed by atoms with van der Waals surface area (Å²) in [4.78, 5) is 11.9. The van der Waals surface area contributed by atoms with Crippen LogP contribution in [-0.2, 0) is 27.7 Å². The van der Waals surface area contributed by atoms with Gasteiger partial charge in [0.2, 0.25) is 5.91 Å². The van der Waals surface area contributed by atoms with E-state index in [0.29, 0.717) is 32.6 Å². The zero-order chi connectivity index (χ0) is 16.1. The molecule has 2 heterocycles. The molecule has 0 spiro atoms. The van der Waals surface area contributed by atoms with Crippen LogP contribution in [0.25, 0.3) is 0 Å². The molecule has 7 nitrogen and oxygen atoms in total. The minimum absolute atomic E-state index is 0.0324. The number of nitrogens with one attached hydrogen (secondary N) is 1. The summed E-state index contributed by atoms with van der Waals surface area (Å²) in [6, 6.07) is 0. The molecule has 1 aromatic heterocycles. The van der Waals surface area contributed by atoms with Gasteiger partial charge in [0.1, 0.15) is 6.10 Å². The van der Waals surface area contributed by atoms with Gasteiger partial charge in [0.05, 0.1) is 25.5 Å². The molecule has 22 heavy (non-hydrogen) atoms. The largest absolute Gasteiger partial charge is 0.390 e. The second-order valence-corrected chi connectivity index (χ2v) is 5.75. The predicted molar refractivity (Wildman–Crippen MR) is 80.4 cm³/mol. The Labute approximate surface area is 130 Å². The Morgan fingerprint density at radius 3 is 3.00 bits per heavy atom. The Hall–Kier alpha value is -1.44. The van der Waals surface area contributed by atoms with Crippen molar-refractivity contribution in [2.24, 2.45) is 13.0 Å². The summed E-state index contributed by atoms with van der Waals surface area (Å²) in [6.45, 7) is 3.21. The lowest BCUT2D eigenvalue weighted by atomic mass is 9.96. The normalized spacial score (nSPS) is 25.2. The molecule has 7 heteroatoms. The van der Waals surface area contributed by atoms with Gasteiger partial charge in [-0.2, -0.15) is 5.10 Å². The molecule has 3 atom stereocenters. The van der Waals surface area contributed by atoms with Crippen LogP contribution in [0.1, 0.15) is 17.7 Å². The van der Waals surface area contributed by atoms with Crippen molar-refractivity contribution in [2.75, 3.05) is 26.9 Å². The molecule has 1 aliphatic rings. The van der Waals surface area contributed by atoms with E-state index >= 15 is 0 Å². The lowest BCUT2D eigenvalue weighted by Crippen LogP contribution is -2.49. The molecule has 0 aromatic carbocycles. The van der Waals surface area contributed by atoms with Crippen LogP contribution in [0.5, 0.6) is 0 Å². The lowest BCUT2D eigenvalue weighted by molar-refractivity contribution is -0.136. The number of rotatable bonds is 6. The van der Waals surface area contributed by atoms with Crippen LogP contribution in [0.2, 0.25) is 0 Å². The van der Waals surface area contributed by atoms with Gasteiger partial charge in [-0.1, -0.05) is 0 Å². The summed E-state index contributed by atoms with van der Waals surface area (Å²) in [7, 11) is 3.43. The van der Waals surface area contributed by atoms with Crippen molar-refractivity contribution in [1.29, 1.82) is 0 Å². The molecule has 0 saturated carbocycles. The fraction of sp³-hybridized carbons (Fsp3) is 0.733. The second-order valence-electron chi connectivity index (χ2n) is 5.75. The summed E-state index contributed by atoms with van der Waals surface area (Å²) < 4.78 is 12.4. The smallest absolute Gasteiger partial charge is 0.220 e. The second kappa shape index (κ2) is 7.71. The van der Waals surface area contributed by atoms with E-state index in [-0.39, 0.29) is 17.9 Å². The highest BCUT2D eigenvalue weighted by Crippen LogP contribution is 2.17. The quantitative estimate of drug-likeness (QED) is 0.760. The van der Waals surface area contributed by atoms with Crippen LogP contribution in [0, 0.1) is 12.8 Å². The molecule has 1 aliphatic heterocycles. The fourth-order valence-corrected chi connectivity index (χ4v) is 2.59. The number of aliphatic hydroxyl groups is 1. The van der Waals surface area contributed by atoms with Crippen LogP contribution in [0.15, 0.2) is 6.20 Å². The monoisotopic (exact) mass is 311 g/mol. The molecule has 1 fully saturated rings. The maximum absolute atomic E-state index is 11.9. The van der Waals surface area contributed by atoms with Crippen LogP contribution >= 0.6 is 0 Å². The Balaban J connectivity index is 1.74. The van der Waals surface area contributed by atoms with E-state index in [4.69, 9.17) is 9.47 Å². The third-order valence-electron chi connectivity index (χ3n) is 4.30. The number of amides is 1. The van der Waals surface area contributed by atoms with Crippen molar-refractivity contribution in [2.45, 2.75) is 32.0 Å². The molecule has 1 amide bonds. The van der Waals surface area contributed by atoms with Gasteiger partial charge in [-0.05, 0) is 18.9 Å². The minimum Gasteiger partial charge on any atom is -0.390 e. The molecule has 0 bridgehead atoms. The van der Waals surface area contributed by atoms with E-state index in [0.717, 1.165) is 11.3 Å². The van der Waals surface area contributed by atoms with E-state index in [2.05, 4.69) is 10.4 Å². The number of ether oxygens (including phenoxy) is 2. The Morgan fingerprint density at radius 2 is 2.36 bits per heavy atom. The number of hydrogen-bond donors (Lipinski definition) is 2. The van der Waals surface area contributed by atoms with E-state index in [1.165, 1.54) is 0 Å². The first kappa shape index (κ1) is 16.9. The molecule has 2 rings (SSSR count). The number of aromatic nitrogens is 2. The van der Waals surface area contributed by atoms with Crippen molar-refractivity contribution in [3.05, 3.63) is 17.5 Å². The van der Waals surface area contributed by atoms with Gasteiger partial charge in [-0.15, -0.1) is 0 Å². The van der Waals surface area contributed by atoms with Gasteiger partial charge >= 0.3 is 0 Å². The van der Waals surface area contributed by atoms with Crippen molar-refractivity contribution < 1.29 is 19.4 Å². The SMILES string of the molecule is CO[C@@H]1COC[C@@H](CNC(=O)CCc2cnn(C)c2C)[C@@H]1O. The third-order valence-corrected chi connectivity index (χ3v) is 4.30. The van der Waals surface area contributed by atoms with Crippen molar-refractivity contribution >= 4 is 5.91 Å². The number of aliphatic hydroxyl groups excluding tert-OH is 1. The fourth-order valence-electron chi connectivity index (χ4n) is 2.59. The topological polar surface area (TPSA) is 85.6 Å². The predicted octanol–water partition coefficient (Wildman–Crippen LogP) is -0.200. The van der Waals surface area contributed by atoms with Gasteiger partial charge in [-0.3, -0.25) is 9.48 Å². The molecule has 1 aromatic rings. The van der Waals surface area contributed by atoms with Crippen molar-refractivity contribution in [3.63, 3.8) is 0 Å². The molecule has 1 saturated heterocycles. The molecule has 0 radical (unpaired) electrons. The van der Waals surface area contributed by atoms with Crippen LogP contribution in [0.3, 0.4) is 0 Å². The van der Waals surface area contributed by atoms with Crippen LogP contribution < -0.4 is 5.32 Å². The van der Waals surface area contributed by atoms with Gasteiger partial charge in [0, 0.05) is 38.7 Å². The number of hydrogen-bond acceptors (Lipinski definition) is 5. The van der Waals surface area contributed by atoms with Gasteiger partial charge in [-0.25, -0.2) is 0 Å². The molecule has 2 N–H and O–H groups in total. The third kappa shape index (κ3) is 4.06. The van der Waals surface area contributed by atoms with E-state index in [1.54, 1.807) is 18.0 Å². The summed E-state index contributed by atoms with van der Waals surface area (Å²) in [5.74, 6) is -0.169. The number of aryl methyl sites for hydroxylation is 2. The van der Waals surface area contributed by atoms with Crippen molar-refractivity contribution in [3.8, 4) is 0 Å². The van der Waals surface area contributed by atoms with E-state index < -0.39 is 6.10 Å². The first-order valence-electron chi connectivity index (χ1n) is 7.55. The molecular weight excluding hydrogens is 286 g/mol. The maximum Gasteiger partial charge on any atom is 0.220 e. The van der Waals surface area contributed by atoms with E-state index in [1.807, 2.05) is 14.0 Å². The Kier molecular flexibility index (Phi) is 5.93. The number of carbonyl (C=O) groups excluding carboxylic acids is 1. The molecule has 124 valence electrons. The summed E-state index contributed by atoms with van der Waals surface area (Å²) in [5, 5.41) is 17.1. The Bertz CT molecular complexity index is 503. The number of nitrogens with zero attached hydrogens (tertiary/aromatic N) is 2. The van der Waals surface area contributed by atoms with Crippen LogP contribution in [0.4, 0.5) is 0 Å². The summed E-state index contributed by atoms with van der Waals surface area (Å²) >= 11 is 0. The zero-order valence-corrected chi connectivity index (χ0v) is 13.4. The maximum atomic E-state index is 11.9. The van der Waals surface area contributed by atoms with Gasteiger partial charge in [0.25, 0.3) is 0 Å². The molecule has 0 unspecified atom stereocenters. The molecule has 0 aliphatic carbocycles. The number of methoxy groups -OCH3 is 1. The zero-order valence-electron chi connectivity index (χ0n) is 13.4. The minimum atomic E-state index is -0.611. The van der Waals surface area contributed by atoms with E-state index in [9.17, 15) is 9.90 Å². The van der Waals surface area contributed by atoms with Gasteiger partial charge in [0.15, 0.2) is 0 Å². The average Bonchev–Trinajstić information content (AvgIpc) is 2.83.